The molecule has 0 radical (unpaired) electrons. The van der Waals surface area contributed by atoms with Gasteiger partial charge in [0.1, 0.15) is 0 Å². The highest BCUT2D eigenvalue weighted by atomic mass is 35.7. The zero-order chi connectivity index (χ0) is 15.3. The van der Waals surface area contributed by atoms with Gasteiger partial charge in [-0.05, 0) is 31.0 Å². The van der Waals surface area contributed by atoms with Crippen LogP contribution < -0.4 is 0 Å². The first-order valence-corrected chi connectivity index (χ1v) is 8.38. The lowest BCUT2D eigenvalue weighted by Crippen LogP contribution is -2.28. The highest BCUT2D eigenvalue weighted by molar-refractivity contribution is 8.13. The number of hydrogen-bond acceptors (Lipinski definition) is 4. The average molecular weight is 320 g/mol. The minimum absolute atomic E-state index is 0.0321. The first kappa shape index (κ1) is 16.9. The van der Waals surface area contributed by atoms with E-state index in [9.17, 15) is 13.2 Å². The molecule has 1 aromatic carbocycles. The first-order valence-electron chi connectivity index (χ1n) is 6.07. The fourth-order valence-electron chi connectivity index (χ4n) is 1.76. The summed E-state index contributed by atoms with van der Waals surface area (Å²) in [5.74, 6) is -0.248. The van der Waals surface area contributed by atoms with Gasteiger partial charge in [-0.1, -0.05) is 6.07 Å². The molecule has 0 aliphatic heterocycles. The quantitative estimate of drug-likeness (QED) is 0.594. The van der Waals surface area contributed by atoms with E-state index in [1.54, 1.807) is 33.2 Å². The summed E-state index contributed by atoms with van der Waals surface area (Å²) in [4.78, 5) is 13.7. The van der Waals surface area contributed by atoms with Crippen LogP contribution in [0.3, 0.4) is 0 Å². The van der Waals surface area contributed by atoms with Crippen LogP contribution in [0.4, 0.5) is 0 Å². The van der Waals surface area contributed by atoms with E-state index < -0.39 is 9.05 Å². The minimum Gasteiger partial charge on any atom is -0.385 e. The molecule has 0 heterocycles. The summed E-state index contributed by atoms with van der Waals surface area (Å²) in [6.45, 7) is 2.72. The van der Waals surface area contributed by atoms with E-state index in [1.165, 1.54) is 11.0 Å². The topological polar surface area (TPSA) is 63.7 Å². The van der Waals surface area contributed by atoms with Gasteiger partial charge in [0.15, 0.2) is 0 Å². The van der Waals surface area contributed by atoms with Crippen LogP contribution >= 0.6 is 10.7 Å². The average Bonchev–Trinajstić information content (AvgIpc) is 2.37. The molecular weight excluding hydrogens is 302 g/mol. The predicted octanol–water partition coefficient (Wildman–Crippen LogP) is 2.03. The van der Waals surface area contributed by atoms with Gasteiger partial charge < -0.3 is 9.64 Å². The Morgan fingerprint density at radius 2 is 2.05 bits per heavy atom. The molecule has 0 aliphatic carbocycles. The molecule has 112 valence electrons. The van der Waals surface area contributed by atoms with Gasteiger partial charge in [-0.15, -0.1) is 0 Å². The molecule has 0 bridgehead atoms. The summed E-state index contributed by atoms with van der Waals surface area (Å²) < 4.78 is 27.8. The Morgan fingerprint density at radius 3 is 2.60 bits per heavy atom. The van der Waals surface area contributed by atoms with Crippen molar-refractivity contribution in [2.75, 3.05) is 27.3 Å². The molecule has 1 rings (SSSR count). The fraction of sp³-hybridized carbons (Fsp3) is 0.462. The second kappa shape index (κ2) is 7.06. The second-order valence-electron chi connectivity index (χ2n) is 4.49. The van der Waals surface area contributed by atoms with Gasteiger partial charge in [-0.25, -0.2) is 8.42 Å². The van der Waals surface area contributed by atoms with E-state index in [1.807, 2.05) is 0 Å². The van der Waals surface area contributed by atoms with Crippen molar-refractivity contribution in [2.45, 2.75) is 18.2 Å². The summed E-state index contributed by atoms with van der Waals surface area (Å²) in [6, 6.07) is 4.48. The third-order valence-corrected chi connectivity index (χ3v) is 4.35. The molecule has 0 aromatic heterocycles. The van der Waals surface area contributed by atoms with Crippen molar-refractivity contribution in [3.63, 3.8) is 0 Å². The molecule has 0 aliphatic rings. The Morgan fingerprint density at radius 1 is 1.40 bits per heavy atom. The number of carbonyl (C=O) groups is 1. The van der Waals surface area contributed by atoms with Crippen LogP contribution in [-0.4, -0.2) is 46.5 Å². The summed E-state index contributed by atoms with van der Waals surface area (Å²) in [6.07, 6.45) is 0.714. The molecule has 0 N–H and O–H groups in total. The third kappa shape index (κ3) is 4.47. The summed E-state index contributed by atoms with van der Waals surface area (Å²) in [5, 5.41) is 0. The van der Waals surface area contributed by atoms with Gasteiger partial charge in [-0.3, -0.25) is 4.79 Å². The predicted molar refractivity (Wildman–Crippen MR) is 77.7 cm³/mol. The van der Waals surface area contributed by atoms with Crippen LogP contribution in [0.1, 0.15) is 22.3 Å². The summed E-state index contributed by atoms with van der Waals surface area (Å²) >= 11 is 0. The summed E-state index contributed by atoms with van der Waals surface area (Å²) in [5.41, 5.74) is 0.813. The Balaban J connectivity index is 2.94. The lowest BCUT2D eigenvalue weighted by atomic mass is 10.1. The lowest BCUT2D eigenvalue weighted by molar-refractivity contribution is 0.0779. The number of aryl methyl sites for hydroxylation is 1. The maximum absolute atomic E-state index is 12.2. The molecule has 0 saturated carbocycles. The van der Waals surface area contributed by atoms with Gasteiger partial charge in [0.2, 0.25) is 0 Å². The number of rotatable bonds is 6. The number of ether oxygens (including phenoxy) is 1. The molecule has 0 saturated heterocycles. The molecule has 1 amide bonds. The van der Waals surface area contributed by atoms with E-state index in [4.69, 9.17) is 15.4 Å². The molecule has 0 spiro atoms. The largest absolute Gasteiger partial charge is 0.385 e. The molecule has 1 aromatic rings. The van der Waals surface area contributed by atoms with Crippen LogP contribution in [-0.2, 0) is 13.8 Å². The lowest BCUT2D eigenvalue weighted by Gasteiger charge is -2.17. The number of methoxy groups -OCH3 is 1. The van der Waals surface area contributed by atoms with E-state index in [0.717, 1.165) is 0 Å². The highest BCUT2D eigenvalue weighted by Gasteiger charge is 2.18. The molecule has 0 fully saturated rings. The number of nitrogens with zero attached hydrogens (tertiary/aromatic N) is 1. The molecule has 5 nitrogen and oxygen atoms in total. The first-order chi connectivity index (χ1) is 9.27. The third-order valence-electron chi connectivity index (χ3n) is 2.89. The molecule has 0 unspecified atom stereocenters. The van der Waals surface area contributed by atoms with Crippen molar-refractivity contribution in [1.29, 1.82) is 0 Å². The van der Waals surface area contributed by atoms with Crippen molar-refractivity contribution >= 4 is 25.6 Å². The van der Waals surface area contributed by atoms with E-state index in [0.29, 0.717) is 30.7 Å². The second-order valence-corrected chi connectivity index (χ2v) is 7.03. The van der Waals surface area contributed by atoms with Crippen molar-refractivity contribution in [3.05, 3.63) is 29.3 Å². The Kier molecular flexibility index (Phi) is 5.98. The fourth-order valence-corrected chi connectivity index (χ4v) is 2.98. The minimum atomic E-state index is -3.85. The number of benzene rings is 1. The number of carbonyl (C=O) groups excluding carboxylic acids is 1. The van der Waals surface area contributed by atoms with Crippen molar-refractivity contribution in [1.82, 2.24) is 4.90 Å². The van der Waals surface area contributed by atoms with Crippen molar-refractivity contribution in [2.24, 2.45) is 0 Å². The van der Waals surface area contributed by atoms with E-state index >= 15 is 0 Å². The van der Waals surface area contributed by atoms with Crippen molar-refractivity contribution < 1.29 is 17.9 Å². The molecular formula is C13H18ClNO4S. The van der Waals surface area contributed by atoms with Gasteiger partial charge in [-0.2, -0.15) is 0 Å². The van der Waals surface area contributed by atoms with Crippen LogP contribution in [0.15, 0.2) is 23.1 Å². The van der Waals surface area contributed by atoms with Crippen LogP contribution in [0.5, 0.6) is 0 Å². The SMILES string of the molecule is COCCCN(C)C(=O)c1ccc(C)c(S(=O)(=O)Cl)c1. The summed E-state index contributed by atoms with van der Waals surface area (Å²) in [7, 11) is 4.75. The van der Waals surface area contributed by atoms with Gasteiger partial charge in [0, 0.05) is 43.6 Å². The van der Waals surface area contributed by atoms with E-state index in [2.05, 4.69) is 0 Å². The number of hydrogen-bond donors (Lipinski definition) is 0. The van der Waals surface area contributed by atoms with Crippen LogP contribution in [0, 0.1) is 6.92 Å². The number of halogens is 1. The van der Waals surface area contributed by atoms with Gasteiger partial charge >= 0.3 is 0 Å². The maximum atomic E-state index is 12.2. The zero-order valence-corrected chi connectivity index (χ0v) is 13.3. The molecule has 20 heavy (non-hydrogen) atoms. The van der Waals surface area contributed by atoms with Crippen LogP contribution in [0.25, 0.3) is 0 Å². The standard InChI is InChI=1S/C13H18ClNO4S/c1-10-5-6-11(9-12(10)20(14,17)18)13(16)15(2)7-4-8-19-3/h5-6,9H,4,7-8H2,1-3H3. The maximum Gasteiger partial charge on any atom is 0.261 e. The Bertz CT molecular complexity index is 586. The molecule has 0 atom stereocenters. The Labute approximate surface area is 123 Å². The van der Waals surface area contributed by atoms with Gasteiger partial charge in [0.25, 0.3) is 15.0 Å². The number of amides is 1. The van der Waals surface area contributed by atoms with E-state index in [-0.39, 0.29) is 10.8 Å². The zero-order valence-electron chi connectivity index (χ0n) is 11.7. The Hall–Kier alpha value is -1.11. The van der Waals surface area contributed by atoms with Gasteiger partial charge in [0.05, 0.1) is 4.90 Å². The highest BCUT2D eigenvalue weighted by Crippen LogP contribution is 2.21. The normalized spacial score (nSPS) is 11.4. The van der Waals surface area contributed by atoms with Crippen LogP contribution in [0.2, 0.25) is 0 Å². The smallest absolute Gasteiger partial charge is 0.261 e. The monoisotopic (exact) mass is 319 g/mol. The molecule has 7 heteroatoms. The van der Waals surface area contributed by atoms with Crippen molar-refractivity contribution in [3.8, 4) is 0 Å².